The molecule has 0 amide bonds. The van der Waals surface area contributed by atoms with Gasteiger partial charge in [-0.05, 0) is 38.1 Å². The third-order valence-electron chi connectivity index (χ3n) is 2.14. The molecule has 2 heteroatoms. The molecule has 0 radical (unpaired) electrons. The largest absolute Gasteiger partial charge is 0.317 e. The van der Waals surface area contributed by atoms with Gasteiger partial charge in [0.25, 0.3) is 0 Å². The SMILES string of the molecule is CNC(C)C/C=C/c1cccc(F)c1. The van der Waals surface area contributed by atoms with E-state index in [1.807, 2.05) is 19.2 Å². The van der Waals surface area contributed by atoms with Crippen molar-refractivity contribution in [2.75, 3.05) is 7.05 Å². The molecular formula is C12H16FN. The third-order valence-corrected chi connectivity index (χ3v) is 2.14. The summed E-state index contributed by atoms with van der Waals surface area (Å²) in [6.45, 7) is 2.11. The molecule has 1 N–H and O–H groups in total. The monoisotopic (exact) mass is 193 g/mol. The van der Waals surface area contributed by atoms with Gasteiger partial charge in [-0.1, -0.05) is 24.3 Å². The van der Waals surface area contributed by atoms with E-state index < -0.39 is 0 Å². The molecule has 14 heavy (non-hydrogen) atoms. The maximum Gasteiger partial charge on any atom is 0.123 e. The molecule has 1 rings (SSSR count). The normalized spacial score (nSPS) is 13.4. The van der Waals surface area contributed by atoms with E-state index in [9.17, 15) is 4.39 Å². The van der Waals surface area contributed by atoms with Crippen LogP contribution in [0, 0.1) is 5.82 Å². The van der Waals surface area contributed by atoms with Crippen LogP contribution in [0.2, 0.25) is 0 Å². The lowest BCUT2D eigenvalue weighted by molar-refractivity contribution is 0.620. The highest BCUT2D eigenvalue weighted by molar-refractivity contribution is 5.48. The molecule has 1 aromatic carbocycles. The van der Waals surface area contributed by atoms with Crippen molar-refractivity contribution >= 4 is 6.08 Å². The Balaban J connectivity index is 2.51. The lowest BCUT2D eigenvalue weighted by Crippen LogP contribution is -2.19. The van der Waals surface area contributed by atoms with E-state index in [4.69, 9.17) is 0 Å². The molecule has 1 atom stereocenters. The van der Waals surface area contributed by atoms with Crippen LogP contribution in [0.5, 0.6) is 0 Å². The van der Waals surface area contributed by atoms with Crippen LogP contribution in [0.15, 0.2) is 30.3 Å². The summed E-state index contributed by atoms with van der Waals surface area (Å²) in [5.74, 6) is -0.186. The van der Waals surface area contributed by atoms with E-state index >= 15 is 0 Å². The van der Waals surface area contributed by atoms with Crippen LogP contribution in [0.4, 0.5) is 4.39 Å². The van der Waals surface area contributed by atoms with Crippen LogP contribution in [0.25, 0.3) is 6.08 Å². The van der Waals surface area contributed by atoms with Crippen LogP contribution in [-0.4, -0.2) is 13.1 Å². The zero-order chi connectivity index (χ0) is 10.4. The lowest BCUT2D eigenvalue weighted by atomic mass is 10.1. The second-order valence-electron chi connectivity index (χ2n) is 3.38. The molecule has 1 nitrogen and oxygen atoms in total. The third kappa shape index (κ3) is 3.71. The summed E-state index contributed by atoms with van der Waals surface area (Å²) >= 11 is 0. The van der Waals surface area contributed by atoms with Gasteiger partial charge in [0.1, 0.15) is 5.82 Å². The van der Waals surface area contributed by atoms with Crippen molar-refractivity contribution in [1.82, 2.24) is 5.32 Å². The molecule has 0 aromatic heterocycles. The predicted molar refractivity (Wildman–Crippen MR) is 58.6 cm³/mol. The summed E-state index contributed by atoms with van der Waals surface area (Å²) in [6.07, 6.45) is 4.94. The zero-order valence-electron chi connectivity index (χ0n) is 8.63. The Labute approximate surface area is 84.6 Å². The van der Waals surface area contributed by atoms with Gasteiger partial charge in [0.15, 0.2) is 0 Å². The van der Waals surface area contributed by atoms with Gasteiger partial charge >= 0.3 is 0 Å². The molecule has 1 aromatic rings. The Morgan fingerprint density at radius 3 is 2.93 bits per heavy atom. The van der Waals surface area contributed by atoms with Gasteiger partial charge in [0.2, 0.25) is 0 Å². The molecule has 0 aliphatic rings. The van der Waals surface area contributed by atoms with Gasteiger partial charge in [-0.25, -0.2) is 4.39 Å². The maximum absolute atomic E-state index is 12.8. The summed E-state index contributed by atoms with van der Waals surface area (Å²) < 4.78 is 12.8. The number of rotatable bonds is 4. The van der Waals surface area contributed by atoms with Crippen molar-refractivity contribution in [3.05, 3.63) is 41.7 Å². The molecule has 1 unspecified atom stereocenters. The minimum Gasteiger partial charge on any atom is -0.317 e. The van der Waals surface area contributed by atoms with Crippen LogP contribution >= 0.6 is 0 Å². The molecule has 0 aliphatic carbocycles. The molecule has 76 valence electrons. The van der Waals surface area contributed by atoms with Crippen molar-refractivity contribution < 1.29 is 4.39 Å². The van der Waals surface area contributed by atoms with Crippen molar-refractivity contribution in [2.45, 2.75) is 19.4 Å². The van der Waals surface area contributed by atoms with Gasteiger partial charge in [-0.15, -0.1) is 0 Å². The molecular weight excluding hydrogens is 177 g/mol. The fraction of sp³-hybridized carbons (Fsp3) is 0.333. The minimum absolute atomic E-state index is 0.186. The molecule has 0 aliphatic heterocycles. The fourth-order valence-electron chi connectivity index (χ4n) is 1.14. The number of nitrogens with one attached hydrogen (secondary N) is 1. The molecule has 0 saturated heterocycles. The van der Waals surface area contributed by atoms with E-state index in [0.29, 0.717) is 6.04 Å². The summed E-state index contributed by atoms with van der Waals surface area (Å²) in [5, 5.41) is 3.14. The van der Waals surface area contributed by atoms with Gasteiger partial charge in [0.05, 0.1) is 0 Å². The first-order chi connectivity index (χ1) is 6.72. The highest BCUT2D eigenvalue weighted by Crippen LogP contribution is 2.06. The summed E-state index contributed by atoms with van der Waals surface area (Å²) in [5.41, 5.74) is 0.910. The molecule has 0 heterocycles. The maximum atomic E-state index is 12.8. The highest BCUT2D eigenvalue weighted by atomic mass is 19.1. The zero-order valence-corrected chi connectivity index (χ0v) is 8.63. The average molecular weight is 193 g/mol. The molecule has 0 fully saturated rings. The van der Waals surface area contributed by atoms with Crippen molar-refractivity contribution in [2.24, 2.45) is 0 Å². The first kappa shape index (κ1) is 10.9. The standard InChI is InChI=1S/C12H16FN/c1-10(14-2)5-3-6-11-7-4-8-12(13)9-11/h3-4,6-10,14H,5H2,1-2H3/b6-3+. The summed E-state index contributed by atoms with van der Waals surface area (Å²) in [7, 11) is 1.93. The average Bonchev–Trinajstić information content (AvgIpc) is 2.17. The predicted octanol–water partition coefficient (Wildman–Crippen LogP) is 2.84. The smallest absolute Gasteiger partial charge is 0.123 e. The molecule has 0 spiro atoms. The quantitative estimate of drug-likeness (QED) is 0.775. The second kappa shape index (κ2) is 5.55. The van der Waals surface area contributed by atoms with Crippen LogP contribution < -0.4 is 5.32 Å². The van der Waals surface area contributed by atoms with Gasteiger partial charge in [-0.2, -0.15) is 0 Å². The number of benzene rings is 1. The molecule has 0 bridgehead atoms. The number of halogens is 1. The van der Waals surface area contributed by atoms with E-state index in [1.165, 1.54) is 12.1 Å². The Morgan fingerprint density at radius 1 is 1.50 bits per heavy atom. The lowest BCUT2D eigenvalue weighted by Gasteiger charge is -2.04. The summed E-state index contributed by atoms with van der Waals surface area (Å²) in [6, 6.07) is 7.05. The molecule has 0 saturated carbocycles. The second-order valence-corrected chi connectivity index (χ2v) is 3.38. The van der Waals surface area contributed by atoms with Crippen LogP contribution in [0.1, 0.15) is 18.9 Å². The van der Waals surface area contributed by atoms with E-state index in [0.717, 1.165) is 12.0 Å². The van der Waals surface area contributed by atoms with Crippen molar-refractivity contribution in [3.63, 3.8) is 0 Å². The van der Waals surface area contributed by atoms with Crippen LogP contribution in [-0.2, 0) is 0 Å². The van der Waals surface area contributed by atoms with E-state index in [1.54, 1.807) is 6.07 Å². The Hall–Kier alpha value is -1.15. The minimum atomic E-state index is -0.186. The Morgan fingerprint density at radius 2 is 2.29 bits per heavy atom. The highest BCUT2D eigenvalue weighted by Gasteiger charge is 1.93. The fourth-order valence-corrected chi connectivity index (χ4v) is 1.14. The number of hydrogen-bond acceptors (Lipinski definition) is 1. The van der Waals surface area contributed by atoms with E-state index in [2.05, 4.69) is 18.3 Å². The van der Waals surface area contributed by atoms with Crippen molar-refractivity contribution in [3.8, 4) is 0 Å². The first-order valence-corrected chi connectivity index (χ1v) is 4.81. The van der Waals surface area contributed by atoms with Gasteiger partial charge in [0, 0.05) is 6.04 Å². The summed E-state index contributed by atoms with van der Waals surface area (Å²) in [4.78, 5) is 0. The van der Waals surface area contributed by atoms with Crippen molar-refractivity contribution in [1.29, 1.82) is 0 Å². The number of hydrogen-bond donors (Lipinski definition) is 1. The Kier molecular flexibility index (Phi) is 4.33. The van der Waals surface area contributed by atoms with Gasteiger partial charge < -0.3 is 5.32 Å². The van der Waals surface area contributed by atoms with Gasteiger partial charge in [-0.3, -0.25) is 0 Å². The first-order valence-electron chi connectivity index (χ1n) is 4.81. The van der Waals surface area contributed by atoms with Crippen LogP contribution in [0.3, 0.4) is 0 Å². The Bertz CT molecular complexity index is 307. The topological polar surface area (TPSA) is 12.0 Å². The van der Waals surface area contributed by atoms with E-state index in [-0.39, 0.29) is 5.82 Å².